The monoisotopic (exact) mass is 296 g/mol. The third-order valence-electron chi connectivity index (χ3n) is 5.47. The zero-order valence-corrected chi connectivity index (χ0v) is 14.0. The molecule has 2 unspecified atom stereocenters. The van der Waals surface area contributed by atoms with Crippen LogP contribution in [-0.2, 0) is 9.53 Å². The van der Waals surface area contributed by atoms with E-state index in [4.69, 9.17) is 4.74 Å². The summed E-state index contributed by atoms with van der Waals surface area (Å²) >= 11 is 0. The minimum Gasteiger partial charge on any atom is -0.468 e. The van der Waals surface area contributed by atoms with Gasteiger partial charge in [0.05, 0.1) is 7.11 Å². The molecule has 0 spiro atoms. The first-order chi connectivity index (χ1) is 10.1. The Balaban J connectivity index is 1.91. The van der Waals surface area contributed by atoms with Crippen molar-refractivity contribution in [3.63, 3.8) is 0 Å². The van der Waals surface area contributed by atoms with E-state index in [-0.39, 0.29) is 5.97 Å². The van der Waals surface area contributed by atoms with Gasteiger partial charge in [-0.1, -0.05) is 26.2 Å². The van der Waals surface area contributed by atoms with Crippen LogP contribution in [0.25, 0.3) is 0 Å². The Bertz CT molecular complexity index is 342. The summed E-state index contributed by atoms with van der Waals surface area (Å²) in [6, 6.07) is 0.505. The second-order valence-corrected chi connectivity index (χ2v) is 6.94. The molecule has 0 aliphatic heterocycles. The van der Waals surface area contributed by atoms with Gasteiger partial charge in [-0.05, 0) is 51.6 Å². The highest BCUT2D eigenvalue weighted by Gasteiger charge is 2.46. The first-order valence-corrected chi connectivity index (χ1v) is 8.65. The van der Waals surface area contributed by atoms with Gasteiger partial charge in [-0.3, -0.25) is 4.79 Å². The van der Waals surface area contributed by atoms with Crippen molar-refractivity contribution in [2.24, 2.45) is 5.92 Å². The molecular weight excluding hydrogens is 264 g/mol. The van der Waals surface area contributed by atoms with E-state index in [1.54, 1.807) is 0 Å². The van der Waals surface area contributed by atoms with Gasteiger partial charge in [-0.15, -0.1) is 0 Å². The van der Waals surface area contributed by atoms with E-state index in [1.807, 2.05) is 0 Å². The van der Waals surface area contributed by atoms with Crippen LogP contribution in [-0.4, -0.2) is 49.7 Å². The van der Waals surface area contributed by atoms with Crippen molar-refractivity contribution >= 4 is 5.97 Å². The van der Waals surface area contributed by atoms with Crippen LogP contribution in [0.1, 0.15) is 58.3 Å². The lowest BCUT2D eigenvalue weighted by Crippen LogP contribution is -2.52. The molecular formula is C17H32N2O2. The summed E-state index contributed by atoms with van der Waals surface area (Å²) in [7, 11) is 3.74. The van der Waals surface area contributed by atoms with E-state index >= 15 is 0 Å². The highest BCUT2D eigenvalue weighted by atomic mass is 16.5. The molecule has 2 aliphatic rings. The molecule has 0 aromatic carbocycles. The van der Waals surface area contributed by atoms with Gasteiger partial charge in [0.1, 0.15) is 5.54 Å². The predicted molar refractivity (Wildman–Crippen MR) is 85.3 cm³/mol. The molecule has 21 heavy (non-hydrogen) atoms. The minimum atomic E-state index is -0.449. The lowest BCUT2D eigenvalue weighted by atomic mass is 9.88. The Hall–Kier alpha value is -0.610. The summed E-state index contributed by atoms with van der Waals surface area (Å²) in [6.07, 6.45) is 9.84. The van der Waals surface area contributed by atoms with Crippen molar-refractivity contribution in [2.45, 2.75) is 69.9 Å². The van der Waals surface area contributed by atoms with Crippen molar-refractivity contribution in [2.75, 3.05) is 27.2 Å². The Morgan fingerprint density at radius 1 is 1.29 bits per heavy atom. The van der Waals surface area contributed by atoms with Gasteiger partial charge in [0.15, 0.2) is 0 Å². The van der Waals surface area contributed by atoms with E-state index in [9.17, 15) is 4.79 Å². The molecule has 0 aromatic rings. The lowest BCUT2D eigenvalue weighted by Gasteiger charge is -2.32. The lowest BCUT2D eigenvalue weighted by molar-refractivity contribution is -0.148. The normalized spacial score (nSPS) is 30.8. The number of rotatable bonds is 6. The number of carbonyl (C=O) groups excluding carboxylic acids is 1. The maximum absolute atomic E-state index is 12.2. The summed E-state index contributed by atoms with van der Waals surface area (Å²) in [6.45, 7) is 4.06. The molecule has 2 fully saturated rings. The molecule has 0 amide bonds. The maximum atomic E-state index is 12.2. The molecule has 0 aromatic heterocycles. The third kappa shape index (κ3) is 3.98. The number of ether oxygens (including phenoxy) is 1. The highest BCUT2D eigenvalue weighted by Crippen LogP contribution is 2.35. The Morgan fingerprint density at radius 2 is 2.00 bits per heavy atom. The smallest absolute Gasteiger partial charge is 0.326 e. The molecule has 2 rings (SSSR count). The van der Waals surface area contributed by atoms with Gasteiger partial charge in [0.25, 0.3) is 0 Å². The summed E-state index contributed by atoms with van der Waals surface area (Å²) in [5.41, 5.74) is -0.449. The first kappa shape index (κ1) is 16.8. The van der Waals surface area contributed by atoms with Gasteiger partial charge in [0.2, 0.25) is 0 Å². The molecule has 2 saturated carbocycles. The van der Waals surface area contributed by atoms with Crippen LogP contribution in [0.4, 0.5) is 0 Å². The number of carbonyl (C=O) groups is 1. The third-order valence-corrected chi connectivity index (χ3v) is 5.47. The standard InChI is InChI=1S/C17H32N2O2/c1-4-18-17(16(20)21-3)11-10-15(12-17)19(2)13-14-8-6-5-7-9-14/h14-15,18H,4-13H2,1-3H3. The van der Waals surface area contributed by atoms with Crippen molar-refractivity contribution < 1.29 is 9.53 Å². The number of nitrogens with zero attached hydrogens (tertiary/aromatic N) is 1. The van der Waals surface area contributed by atoms with Gasteiger partial charge >= 0.3 is 5.97 Å². The fourth-order valence-electron chi connectivity index (χ4n) is 4.27. The second-order valence-electron chi connectivity index (χ2n) is 6.94. The molecule has 4 heteroatoms. The van der Waals surface area contributed by atoms with Crippen LogP contribution in [0.2, 0.25) is 0 Å². The Kier molecular flexibility index (Phi) is 6.06. The average Bonchev–Trinajstić information content (AvgIpc) is 2.93. The quantitative estimate of drug-likeness (QED) is 0.765. The predicted octanol–water partition coefficient (Wildman–Crippen LogP) is 2.57. The van der Waals surface area contributed by atoms with Gasteiger partial charge < -0.3 is 15.0 Å². The molecule has 2 atom stereocenters. The van der Waals surface area contributed by atoms with E-state index in [0.29, 0.717) is 6.04 Å². The van der Waals surface area contributed by atoms with Crippen LogP contribution in [0, 0.1) is 5.92 Å². The van der Waals surface area contributed by atoms with Crippen molar-refractivity contribution in [3.8, 4) is 0 Å². The summed E-state index contributed by atoms with van der Waals surface area (Å²) < 4.78 is 5.05. The zero-order valence-electron chi connectivity index (χ0n) is 14.0. The van der Waals surface area contributed by atoms with Gasteiger partial charge in [-0.25, -0.2) is 0 Å². The van der Waals surface area contributed by atoms with Crippen molar-refractivity contribution in [3.05, 3.63) is 0 Å². The topological polar surface area (TPSA) is 41.6 Å². The summed E-state index contributed by atoms with van der Waals surface area (Å²) in [5, 5.41) is 3.40. The van der Waals surface area contributed by atoms with E-state index in [1.165, 1.54) is 45.8 Å². The van der Waals surface area contributed by atoms with Crippen LogP contribution in [0.15, 0.2) is 0 Å². The molecule has 0 heterocycles. The minimum absolute atomic E-state index is 0.0853. The molecule has 0 saturated heterocycles. The first-order valence-electron chi connectivity index (χ1n) is 8.65. The largest absolute Gasteiger partial charge is 0.468 e. The number of methoxy groups -OCH3 is 1. The van der Waals surface area contributed by atoms with E-state index < -0.39 is 5.54 Å². The van der Waals surface area contributed by atoms with Crippen molar-refractivity contribution in [1.29, 1.82) is 0 Å². The molecule has 122 valence electrons. The average molecular weight is 296 g/mol. The fourth-order valence-corrected chi connectivity index (χ4v) is 4.27. The van der Waals surface area contributed by atoms with E-state index in [0.717, 1.165) is 31.7 Å². The fraction of sp³-hybridized carbons (Fsp3) is 0.941. The van der Waals surface area contributed by atoms with Crippen molar-refractivity contribution in [1.82, 2.24) is 10.2 Å². The van der Waals surface area contributed by atoms with E-state index in [2.05, 4.69) is 24.2 Å². The molecule has 1 N–H and O–H groups in total. The number of esters is 1. The van der Waals surface area contributed by atoms with Crippen LogP contribution in [0.5, 0.6) is 0 Å². The Labute approximate surface area is 129 Å². The highest BCUT2D eigenvalue weighted by molar-refractivity contribution is 5.81. The zero-order chi connectivity index (χ0) is 15.3. The molecule has 0 radical (unpaired) electrons. The number of nitrogens with one attached hydrogen (secondary N) is 1. The van der Waals surface area contributed by atoms with Crippen LogP contribution >= 0.6 is 0 Å². The number of hydrogen-bond donors (Lipinski definition) is 1. The molecule has 0 bridgehead atoms. The van der Waals surface area contributed by atoms with Gasteiger partial charge in [0, 0.05) is 12.6 Å². The van der Waals surface area contributed by atoms with Crippen LogP contribution < -0.4 is 5.32 Å². The Morgan fingerprint density at radius 3 is 2.62 bits per heavy atom. The second kappa shape index (κ2) is 7.59. The number of hydrogen-bond acceptors (Lipinski definition) is 4. The maximum Gasteiger partial charge on any atom is 0.326 e. The SMILES string of the molecule is CCNC1(C(=O)OC)CCC(N(C)CC2CCCCC2)C1. The summed E-state index contributed by atoms with van der Waals surface area (Å²) in [5.74, 6) is 0.772. The molecule has 4 nitrogen and oxygen atoms in total. The summed E-state index contributed by atoms with van der Waals surface area (Å²) in [4.78, 5) is 14.7. The molecule has 2 aliphatic carbocycles. The number of likely N-dealkylation sites (N-methyl/N-ethyl adjacent to an activating group) is 1. The van der Waals surface area contributed by atoms with Gasteiger partial charge in [-0.2, -0.15) is 0 Å². The van der Waals surface area contributed by atoms with Crippen LogP contribution in [0.3, 0.4) is 0 Å².